The third-order valence-corrected chi connectivity index (χ3v) is 4.58. The van der Waals surface area contributed by atoms with Crippen molar-refractivity contribution in [2.24, 2.45) is 5.92 Å². The van der Waals surface area contributed by atoms with Gasteiger partial charge in [0.25, 0.3) is 0 Å². The highest BCUT2D eigenvalue weighted by Gasteiger charge is 2.44. The predicted octanol–water partition coefficient (Wildman–Crippen LogP) is 2.91. The zero-order chi connectivity index (χ0) is 16.3. The van der Waals surface area contributed by atoms with Crippen LogP contribution in [0.1, 0.15) is 45.1 Å². The molecule has 0 saturated heterocycles. The summed E-state index contributed by atoms with van der Waals surface area (Å²) < 4.78 is 27.3. The van der Waals surface area contributed by atoms with Crippen LogP contribution in [0.2, 0.25) is 0 Å². The van der Waals surface area contributed by atoms with Crippen LogP contribution in [0.25, 0.3) is 0 Å². The Labute approximate surface area is 129 Å². The molecule has 0 radical (unpaired) electrons. The maximum absolute atomic E-state index is 14.2. The highest BCUT2D eigenvalue weighted by Crippen LogP contribution is 2.42. The third-order valence-electron chi connectivity index (χ3n) is 4.58. The summed E-state index contributed by atoms with van der Waals surface area (Å²) in [6.07, 6.45) is 2.10. The van der Waals surface area contributed by atoms with Crippen molar-refractivity contribution >= 4 is 5.91 Å². The van der Waals surface area contributed by atoms with Crippen LogP contribution in [0.3, 0.4) is 0 Å². The smallest absolute Gasteiger partial charge is 0.230 e. The highest BCUT2D eigenvalue weighted by molar-refractivity contribution is 5.88. The van der Waals surface area contributed by atoms with Gasteiger partial charge < -0.3 is 10.4 Å². The van der Waals surface area contributed by atoms with E-state index in [1.807, 2.05) is 13.8 Å². The van der Waals surface area contributed by atoms with E-state index in [1.165, 1.54) is 12.1 Å². The van der Waals surface area contributed by atoms with Gasteiger partial charge in [-0.05, 0) is 24.8 Å². The van der Waals surface area contributed by atoms with Crippen molar-refractivity contribution in [1.29, 1.82) is 0 Å². The van der Waals surface area contributed by atoms with Crippen molar-refractivity contribution in [2.45, 2.75) is 51.0 Å². The minimum absolute atomic E-state index is 0.0300. The number of rotatable bonds is 5. The van der Waals surface area contributed by atoms with Crippen LogP contribution in [0.15, 0.2) is 18.2 Å². The summed E-state index contributed by atoms with van der Waals surface area (Å²) in [6, 6.07) is 3.38. The summed E-state index contributed by atoms with van der Waals surface area (Å²) >= 11 is 0. The zero-order valence-electron chi connectivity index (χ0n) is 13.0. The number of hydrogen-bond donors (Lipinski definition) is 2. The molecule has 0 bridgehead atoms. The molecule has 1 aliphatic carbocycles. The van der Waals surface area contributed by atoms with Gasteiger partial charge >= 0.3 is 0 Å². The number of aliphatic hydroxyl groups is 1. The van der Waals surface area contributed by atoms with E-state index in [0.29, 0.717) is 12.8 Å². The summed E-state index contributed by atoms with van der Waals surface area (Å²) in [5.41, 5.74) is -0.697. The fourth-order valence-corrected chi connectivity index (χ4v) is 3.08. The molecular formula is C17H23F2NO2. The van der Waals surface area contributed by atoms with Crippen LogP contribution in [0, 0.1) is 17.6 Å². The molecule has 0 aliphatic heterocycles. The largest absolute Gasteiger partial charge is 0.391 e. The number of amides is 1. The third kappa shape index (κ3) is 3.29. The summed E-state index contributed by atoms with van der Waals surface area (Å²) in [5.74, 6) is -1.58. The molecule has 0 spiro atoms. The highest BCUT2D eigenvalue weighted by atomic mass is 19.1. The fourth-order valence-electron chi connectivity index (χ4n) is 3.08. The van der Waals surface area contributed by atoms with E-state index in [2.05, 4.69) is 5.32 Å². The second-order valence-corrected chi connectivity index (χ2v) is 6.43. The van der Waals surface area contributed by atoms with Crippen molar-refractivity contribution in [1.82, 2.24) is 5.32 Å². The molecule has 3 nitrogen and oxygen atoms in total. The van der Waals surface area contributed by atoms with Crippen molar-refractivity contribution in [3.05, 3.63) is 35.4 Å². The molecule has 2 rings (SSSR count). The maximum Gasteiger partial charge on any atom is 0.230 e. The Morgan fingerprint density at radius 1 is 1.32 bits per heavy atom. The second kappa shape index (κ2) is 6.73. The second-order valence-electron chi connectivity index (χ2n) is 6.43. The van der Waals surface area contributed by atoms with Gasteiger partial charge in [-0.2, -0.15) is 0 Å². The van der Waals surface area contributed by atoms with E-state index in [0.717, 1.165) is 18.9 Å². The van der Waals surface area contributed by atoms with Crippen molar-refractivity contribution in [3.8, 4) is 0 Å². The van der Waals surface area contributed by atoms with Crippen LogP contribution in [-0.4, -0.2) is 23.7 Å². The van der Waals surface area contributed by atoms with E-state index in [9.17, 15) is 18.7 Å². The molecule has 1 aliphatic rings. The normalized spacial score (nSPS) is 18.5. The summed E-state index contributed by atoms with van der Waals surface area (Å²) in [5, 5.41) is 12.6. The number of carbonyl (C=O) groups excluding carboxylic acids is 1. The number of nitrogens with one attached hydrogen (secondary N) is 1. The van der Waals surface area contributed by atoms with Gasteiger partial charge in [0.15, 0.2) is 0 Å². The zero-order valence-corrected chi connectivity index (χ0v) is 13.0. The van der Waals surface area contributed by atoms with Crippen molar-refractivity contribution < 1.29 is 18.7 Å². The Bertz CT molecular complexity index is 539. The molecule has 0 heterocycles. The quantitative estimate of drug-likeness (QED) is 0.878. The molecule has 122 valence electrons. The van der Waals surface area contributed by atoms with Gasteiger partial charge in [-0.1, -0.05) is 32.8 Å². The fraction of sp³-hybridized carbons (Fsp3) is 0.588. The summed E-state index contributed by atoms with van der Waals surface area (Å²) in [7, 11) is 0. The van der Waals surface area contributed by atoms with Gasteiger partial charge in [0.2, 0.25) is 5.91 Å². The number of aliphatic hydroxyl groups excluding tert-OH is 1. The Hall–Kier alpha value is -1.49. The van der Waals surface area contributed by atoms with Gasteiger partial charge in [-0.3, -0.25) is 4.79 Å². The number of halogens is 2. The summed E-state index contributed by atoms with van der Waals surface area (Å²) in [4.78, 5) is 12.6. The van der Waals surface area contributed by atoms with Gasteiger partial charge in [0.05, 0.1) is 11.5 Å². The minimum atomic E-state index is -0.950. The van der Waals surface area contributed by atoms with Crippen LogP contribution in [-0.2, 0) is 10.2 Å². The molecule has 1 amide bonds. The molecule has 2 N–H and O–H groups in total. The molecule has 1 aromatic carbocycles. The van der Waals surface area contributed by atoms with Gasteiger partial charge in [-0.15, -0.1) is 0 Å². The molecule has 5 heteroatoms. The minimum Gasteiger partial charge on any atom is -0.391 e. The molecular weight excluding hydrogens is 288 g/mol. The van der Waals surface area contributed by atoms with Crippen LogP contribution in [0.4, 0.5) is 8.78 Å². The Kier molecular flexibility index (Phi) is 5.16. The standard InChI is InChI=1S/C17H23F2NO2/c1-11(2)15(21)10-20-16(22)17(7-3-4-8-17)13-6-5-12(18)9-14(13)19/h5-6,9,11,15,21H,3-4,7-8,10H2,1-2H3,(H,20,22). The lowest BCUT2D eigenvalue weighted by atomic mass is 9.77. The number of carbonyl (C=O) groups is 1. The average molecular weight is 311 g/mol. The topological polar surface area (TPSA) is 49.3 Å². The van der Waals surface area contributed by atoms with Crippen molar-refractivity contribution in [3.63, 3.8) is 0 Å². The average Bonchev–Trinajstić information content (AvgIpc) is 2.94. The monoisotopic (exact) mass is 311 g/mol. The predicted molar refractivity (Wildman–Crippen MR) is 80.4 cm³/mol. The lowest BCUT2D eigenvalue weighted by molar-refractivity contribution is -0.127. The van der Waals surface area contributed by atoms with Crippen LogP contribution >= 0.6 is 0 Å². The first-order valence-electron chi connectivity index (χ1n) is 7.79. The molecule has 1 atom stereocenters. The Morgan fingerprint density at radius 2 is 1.95 bits per heavy atom. The lowest BCUT2D eigenvalue weighted by Gasteiger charge is -2.29. The van der Waals surface area contributed by atoms with E-state index < -0.39 is 23.2 Å². The number of benzene rings is 1. The maximum atomic E-state index is 14.2. The Balaban J connectivity index is 2.23. The van der Waals surface area contributed by atoms with Crippen molar-refractivity contribution in [2.75, 3.05) is 6.54 Å². The van der Waals surface area contributed by atoms with E-state index >= 15 is 0 Å². The molecule has 22 heavy (non-hydrogen) atoms. The van der Waals surface area contributed by atoms with E-state index in [-0.39, 0.29) is 23.9 Å². The SMILES string of the molecule is CC(C)C(O)CNC(=O)C1(c2ccc(F)cc2F)CCCC1. The first kappa shape index (κ1) is 16.9. The lowest BCUT2D eigenvalue weighted by Crippen LogP contribution is -2.46. The van der Waals surface area contributed by atoms with E-state index in [4.69, 9.17) is 0 Å². The molecule has 1 saturated carbocycles. The number of hydrogen-bond acceptors (Lipinski definition) is 2. The van der Waals surface area contributed by atoms with Crippen LogP contribution < -0.4 is 5.32 Å². The molecule has 1 aromatic rings. The van der Waals surface area contributed by atoms with E-state index in [1.54, 1.807) is 0 Å². The first-order chi connectivity index (χ1) is 10.4. The van der Waals surface area contributed by atoms with Crippen LogP contribution in [0.5, 0.6) is 0 Å². The molecule has 1 unspecified atom stereocenters. The first-order valence-corrected chi connectivity index (χ1v) is 7.79. The van der Waals surface area contributed by atoms with Gasteiger partial charge in [-0.25, -0.2) is 8.78 Å². The summed E-state index contributed by atoms with van der Waals surface area (Å²) in [6.45, 7) is 3.87. The molecule has 1 fully saturated rings. The van der Waals surface area contributed by atoms with Gasteiger partial charge in [0, 0.05) is 18.2 Å². The molecule has 0 aromatic heterocycles. The van der Waals surface area contributed by atoms with Gasteiger partial charge in [0.1, 0.15) is 11.6 Å². The Morgan fingerprint density at radius 3 is 2.50 bits per heavy atom.